The van der Waals surface area contributed by atoms with Gasteiger partial charge in [0, 0.05) is 19.3 Å². The molecule has 0 bridgehead atoms. The normalized spacial score (nSPS) is 12.7. The standard InChI is InChI=1S/C60H102O6/c1-4-7-10-13-16-19-22-25-28-31-34-37-40-43-46-49-52-58(61)64-55-57(66-60(63)54-51-48-45-42-39-36-33-30-27-24-21-18-15-12-9-6-3)56-65-59(62)53-50-47-44-41-38-35-32-29-26-23-20-17-14-11-8-5-2/h7,10,16,19,25,28-30,32-33,35-36,38-39,57H,4-6,8-9,11-15,17-18,20-24,26-27,31,34,37,40-56H2,1-3H3/b10-7-,19-16-,28-25-,32-29-,33-30-,38-35-,39-36-. The molecule has 1 atom stereocenters. The maximum absolute atomic E-state index is 12.8. The molecule has 6 nitrogen and oxygen atoms in total. The first-order chi connectivity index (χ1) is 32.5. The van der Waals surface area contributed by atoms with Crippen LogP contribution < -0.4 is 0 Å². The second-order valence-corrected chi connectivity index (χ2v) is 18.2. The SMILES string of the molecule is CC/C=C\C/C=C\C/C=C\CCCCCCCCC(=O)OCC(COC(=O)CCCCC/C=C\C=C/CCCCCCCCC)OC(=O)CCCCC/C=C\C=C/CCCCCCCCC. The lowest BCUT2D eigenvalue weighted by atomic mass is 10.1. The first kappa shape index (κ1) is 62.6. The maximum Gasteiger partial charge on any atom is 0.306 e. The molecule has 6 heteroatoms. The molecular weight excluding hydrogens is 817 g/mol. The van der Waals surface area contributed by atoms with Crippen molar-refractivity contribution in [3.63, 3.8) is 0 Å². The molecule has 378 valence electrons. The highest BCUT2D eigenvalue weighted by atomic mass is 16.6. The summed E-state index contributed by atoms with van der Waals surface area (Å²) in [5, 5.41) is 0. The first-order valence-corrected chi connectivity index (χ1v) is 27.6. The van der Waals surface area contributed by atoms with E-state index < -0.39 is 6.10 Å². The van der Waals surface area contributed by atoms with Crippen molar-refractivity contribution < 1.29 is 28.6 Å². The van der Waals surface area contributed by atoms with Crippen molar-refractivity contribution in [3.8, 4) is 0 Å². The Morgan fingerprint density at radius 3 is 1.03 bits per heavy atom. The number of carbonyl (C=O) groups excluding carboxylic acids is 3. The second-order valence-electron chi connectivity index (χ2n) is 18.2. The summed E-state index contributed by atoms with van der Waals surface area (Å²) >= 11 is 0. The summed E-state index contributed by atoms with van der Waals surface area (Å²) < 4.78 is 16.8. The molecule has 0 saturated heterocycles. The third kappa shape index (κ3) is 51.6. The van der Waals surface area contributed by atoms with Crippen molar-refractivity contribution in [1.82, 2.24) is 0 Å². The van der Waals surface area contributed by atoms with Crippen molar-refractivity contribution in [2.45, 2.75) is 264 Å². The Kier molecular flexibility index (Phi) is 51.4. The van der Waals surface area contributed by atoms with Crippen molar-refractivity contribution >= 4 is 17.9 Å². The monoisotopic (exact) mass is 919 g/mol. The topological polar surface area (TPSA) is 78.9 Å². The molecule has 0 spiro atoms. The molecule has 0 fully saturated rings. The number of hydrogen-bond donors (Lipinski definition) is 0. The lowest BCUT2D eigenvalue weighted by Crippen LogP contribution is -2.30. The maximum atomic E-state index is 12.8. The average Bonchev–Trinajstić information content (AvgIpc) is 3.31. The minimum atomic E-state index is -0.807. The van der Waals surface area contributed by atoms with Crippen molar-refractivity contribution in [2.75, 3.05) is 13.2 Å². The van der Waals surface area contributed by atoms with Crippen LogP contribution in [0.4, 0.5) is 0 Å². The van der Waals surface area contributed by atoms with Gasteiger partial charge in [0.25, 0.3) is 0 Å². The zero-order chi connectivity index (χ0) is 47.9. The molecule has 1 unspecified atom stereocenters. The smallest absolute Gasteiger partial charge is 0.306 e. The van der Waals surface area contributed by atoms with Gasteiger partial charge in [0.1, 0.15) is 13.2 Å². The van der Waals surface area contributed by atoms with Gasteiger partial charge in [0.15, 0.2) is 6.10 Å². The highest BCUT2D eigenvalue weighted by molar-refractivity contribution is 5.71. The van der Waals surface area contributed by atoms with Gasteiger partial charge in [0.05, 0.1) is 0 Å². The largest absolute Gasteiger partial charge is 0.462 e. The lowest BCUT2D eigenvalue weighted by molar-refractivity contribution is -0.167. The molecule has 0 N–H and O–H groups in total. The molecule has 0 aliphatic heterocycles. The van der Waals surface area contributed by atoms with Gasteiger partial charge in [0.2, 0.25) is 0 Å². The van der Waals surface area contributed by atoms with E-state index in [1.54, 1.807) is 0 Å². The molecule has 0 saturated carbocycles. The van der Waals surface area contributed by atoms with Crippen LogP contribution in [-0.2, 0) is 28.6 Å². The van der Waals surface area contributed by atoms with E-state index >= 15 is 0 Å². The minimum Gasteiger partial charge on any atom is -0.462 e. The molecule has 0 rings (SSSR count). The lowest BCUT2D eigenvalue weighted by Gasteiger charge is -2.18. The Morgan fingerprint density at radius 1 is 0.333 bits per heavy atom. The van der Waals surface area contributed by atoms with Crippen LogP contribution >= 0.6 is 0 Å². The Morgan fingerprint density at radius 2 is 0.636 bits per heavy atom. The van der Waals surface area contributed by atoms with E-state index in [1.807, 2.05) is 0 Å². The van der Waals surface area contributed by atoms with Crippen LogP contribution in [0.2, 0.25) is 0 Å². The fraction of sp³-hybridized carbons (Fsp3) is 0.717. The molecule has 66 heavy (non-hydrogen) atoms. The summed E-state index contributed by atoms with van der Waals surface area (Å²) in [6.07, 6.45) is 70.0. The highest BCUT2D eigenvalue weighted by Crippen LogP contribution is 2.14. The third-order valence-electron chi connectivity index (χ3n) is 11.7. The number of hydrogen-bond acceptors (Lipinski definition) is 6. The van der Waals surface area contributed by atoms with Crippen LogP contribution in [0.5, 0.6) is 0 Å². The Bertz CT molecular complexity index is 1290. The van der Waals surface area contributed by atoms with Crippen LogP contribution in [0, 0.1) is 0 Å². The van der Waals surface area contributed by atoms with Crippen LogP contribution in [0.3, 0.4) is 0 Å². The predicted octanol–water partition coefficient (Wildman–Crippen LogP) is 18.4. The van der Waals surface area contributed by atoms with E-state index in [4.69, 9.17) is 14.2 Å². The van der Waals surface area contributed by atoms with Gasteiger partial charge in [-0.25, -0.2) is 0 Å². The van der Waals surface area contributed by atoms with Gasteiger partial charge in [-0.2, -0.15) is 0 Å². The predicted molar refractivity (Wildman–Crippen MR) is 284 cm³/mol. The number of rotatable bonds is 49. The van der Waals surface area contributed by atoms with Crippen LogP contribution in [0.25, 0.3) is 0 Å². The van der Waals surface area contributed by atoms with Crippen molar-refractivity contribution in [1.29, 1.82) is 0 Å². The molecule has 0 aromatic carbocycles. The van der Waals surface area contributed by atoms with Crippen LogP contribution in [0.15, 0.2) is 85.1 Å². The summed E-state index contributed by atoms with van der Waals surface area (Å²) in [6.45, 7) is 6.47. The van der Waals surface area contributed by atoms with Gasteiger partial charge in [-0.05, 0) is 103 Å². The highest BCUT2D eigenvalue weighted by Gasteiger charge is 2.19. The first-order valence-electron chi connectivity index (χ1n) is 27.6. The van der Waals surface area contributed by atoms with E-state index in [0.717, 1.165) is 116 Å². The zero-order valence-corrected chi connectivity index (χ0v) is 43.2. The van der Waals surface area contributed by atoms with Crippen LogP contribution in [-0.4, -0.2) is 37.2 Å². The van der Waals surface area contributed by atoms with Crippen molar-refractivity contribution in [2.24, 2.45) is 0 Å². The van der Waals surface area contributed by atoms with E-state index in [9.17, 15) is 14.4 Å². The number of allylic oxidation sites excluding steroid dienone is 14. The van der Waals surface area contributed by atoms with Crippen molar-refractivity contribution in [3.05, 3.63) is 85.1 Å². The van der Waals surface area contributed by atoms with E-state index in [-0.39, 0.29) is 37.5 Å². The zero-order valence-electron chi connectivity index (χ0n) is 43.2. The molecular formula is C60H102O6. The fourth-order valence-electron chi connectivity index (χ4n) is 7.50. The van der Waals surface area contributed by atoms with E-state index in [2.05, 4.69) is 106 Å². The molecule has 0 aliphatic carbocycles. The molecule has 0 heterocycles. The van der Waals surface area contributed by atoms with Gasteiger partial charge in [-0.1, -0.05) is 221 Å². The number of esters is 3. The number of ether oxygens (including phenoxy) is 3. The van der Waals surface area contributed by atoms with Gasteiger partial charge < -0.3 is 14.2 Å². The summed E-state index contributed by atoms with van der Waals surface area (Å²) in [5.74, 6) is -0.966. The number of unbranched alkanes of at least 4 members (excludes halogenated alkanes) is 26. The molecule has 0 aromatic rings. The fourth-order valence-corrected chi connectivity index (χ4v) is 7.50. The van der Waals surface area contributed by atoms with Gasteiger partial charge in [-0.3, -0.25) is 14.4 Å². The Balaban J connectivity index is 4.50. The number of carbonyl (C=O) groups is 3. The van der Waals surface area contributed by atoms with E-state index in [1.165, 1.54) is 103 Å². The summed E-state index contributed by atoms with van der Waals surface area (Å²) in [7, 11) is 0. The van der Waals surface area contributed by atoms with Crippen LogP contribution in [0.1, 0.15) is 258 Å². The Hall–Kier alpha value is -3.41. The molecule has 0 amide bonds. The Labute approximate surface area is 407 Å². The summed E-state index contributed by atoms with van der Waals surface area (Å²) in [4.78, 5) is 38.1. The third-order valence-corrected chi connectivity index (χ3v) is 11.7. The quantitative estimate of drug-likeness (QED) is 0.0199. The second kappa shape index (κ2) is 54.2. The van der Waals surface area contributed by atoms with E-state index in [0.29, 0.717) is 12.8 Å². The average molecular weight is 919 g/mol. The van der Waals surface area contributed by atoms with Gasteiger partial charge >= 0.3 is 17.9 Å². The minimum absolute atomic E-state index is 0.103. The molecule has 0 radical (unpaired) electrons. The molecule has 0 aliphatic rings. The summed E-state index contributed by atoms with van der Waals surface area (Å²) in [5.41, 5.74) is 0. The summed E-state index contributed by atoms with van der Waals surface area (Å²) in [6, 6.07) is 0. The molecule has 0 aromatic heterocycles. The van der Waals surface area contributed by atoms with Gasteiger partial charge in [-0.15, -0.1) is 0 Å².